The highest BCUT2D eigenvalue weighted by Gasteiger charge is 2.12. The first-order valence-corrected chi connectivity index (χ1v) is 6.10. The molecule has 0 radical (unpaired) electrons. The van der Waals surface area contributed by atoms with Gasteiger partial charge in [0.15, 0.2) is 0 Å². The van der Waals surface area contributed by atoms with Crippen LogP contribution in [-0.4, -0.2) is 16.5 Å². The highest BCUT2D eigenvalue weighted by atomic mass is 19.1. The van der Waals surface area contributed by atoms with E-state index >= 15 is 0 Å². The molecule has 0 fully saturated rings. The van der Waals surface area contributed by atoms with Gasteiger partial charge in [0.1, 0.15) is 17.5 Å². The van der Waals surface area contributed by atoms with Crippen LogP contribution < -0.4 is 5.73 Å². The molecule has 1 unspecified atom stereocenters. The lowest BCUT2D eigenvalue weighted by Crippen LogP contribution is -2.08. The molecular weight excluding hydrogens is 248 g/mol. The summed E-state index contributed by atoms with van der Waals surface area (Å²) in [5, 5.41) is 0. The molecule has 2 aromatic rings. The van der Waals surface area contributed by atoms with Crippen molar-refractivity contribution in [1.29, 1.82) is 0 Å². The Morgan fingerprint density at radius 1 is 1.26 bits per heavy atom. The zero-order valence-electron chi connectivity index (χ0n) is 10.6. The third-order valence-corrected chi connectivity index (χ3v) is 2.92. The topological polar surface area (TPSA) is 51.8 Å². The van der Waals surface area contributed by atoms with Gasteiger partial charge in [0.05, 0.1) is 5.69 Å². The van der Waals surface area contributed by atoms with E-state index in [1.807, 2.05) is 6.92 Å². The third-order valence-electron chi connectivity index (χ3n) is 2.92. The fourth-order valence-electron chi connectivity index (χ4n) is 1.84. The summed E-state index contributed by atoms with van der Waals surface area (Å²) in [4.78, 5) is 8.49. The lowest BCUT2D eigenvalue weighted by molar-refractivity contribution is 0.585. The number of nitrogens with two attached hydrogens (primary N) is 1. The Bertz CT molecular complexity index is 572. The smallest absolute Gasteiger partial charge is 0.135 e. The molecule has 100 valence electrons. The van der Waals surface area contributed by atoms with Gasteiger partial charge in [0, 0.05) is 23.7 Å². The molecule has 19 heavy (non-hydrogen) atoms. The van der Waals surface area contributed by atoms with E-state index in [9.17, 15) is 8.78 Å². The summed E-state index contributed by atoms with van der Waals surface area (Å²) in [7, 11) is 0. The Morgan fingerprint density at radius 2 is 2.05 bits per heavy atom. The third kappa shape index (κ3) is 3.12. The average molecular weight is 263 g/mol. The van der Waals surface area contributed by atoms with Gasteiger partial charge in [-0.15, -0.1) is 0 Å². The van der Waals surface area contributed by atoms with E-state index in [1.54, 1.807) is 12.3 Å². The van der Waals surface area contributed by atoms with Gasteiger partial charge in [-0.1, -0.05) is 6.92 Å². The zero-order chi connectivity index (χ0) is 13.8. The Kier molecular flexibility index (Phi) is 4.16. The van der Waals surface area contributed by atoms with Crippen molar-refractivity contribution < 1.29 is 8.78 Å². The molecule has 1 aromatic carbocycles. The summed E-state index contributed by atoms with van der Waals surface area (Å²) in [6, 6.07) is 5.04. The summed E-state index contributed by atoms with van der Waals surface area (Å²) < 4.78 is 26.6. The molecule has 0 aliphatic carbocycles. The summed E-state index contributed by atoms with van der Waals surface area (Å²) in [6.45, 7) is 2.51. The molecule has 3 nitrogen and oxygen atoms in total. The summed E-state index contributed by atoms with van der Waals surface area (Å²) in [5.74, 6) is -0.511. The van der Waals surface area contributed by atoms with Gasteiger partial charge in [0.25, 0.3) is 0 Å². The fourth-order valence-corrected chi connectivity index (χ4v) is 1.84. The van der Waals surface area contributed by atoms with Gasteiger partial charge in [-0.3, -0.25) is 0 Å². The maximum absolute atomic E-state index is 13.7. The van der Waals surface area contributed by atoms with Crippen molar-refractivity contribution in [3.05, 3.63) is 47.9 Å². The van der Waals surface area contributed by atoms with Crippen LogP contribution in [0.4, 0.5) is 8.78 Å². The first kappa shape index (κ1) is 13.5. The molecule has 0 bridgehead atoms. The van der Waals surface area contributed by atoms with Gasteiger partial charge in [-0.2, -0.15) is 0 Å². The maximum Gasteiger partial charge on any atom is 0.135 e. The van der Waals surface area contributed by atoms with Gasteiger partial charge >= 0.3 is 0 Å². The van der Waals surface area contributed by atoms with Crippen LogP contribution in [-0.2, 0) is 0 Å². The predicted octanol–water partition coefficient (Wildman–Crippen LogP) is 2.87. The normalized spacial score (nSPS) is 12.4. The van der Waals surface area contributed by atoms with Crippen molar-refractivity contribution >= 4 is 0 Å². The molecule has 0 aliphatic rings. The summed E-state index contributed by atoms with van der Waals surface area (Å²) in [5.41, 5.74) is 6.22. The summed E-state index contributed by atoms with van der Waals surface area (Å²) in [6.07, 6.45) is 2.34. The summed E-state index contributed by atoms with van der Waals surface area (Å²) >= 11 is 0. The number of benzene rings is 1. The Balaban J connectivity index is 2.37. The number of hydrogen-bond acceptors (Lipinski definition) is 3. The highest BCUT2D eigenvalue weighted by Crippen LogP contribution is 2.23. The second-order valence-electron chi connectivity index (χ2n) is 4.40. The first-order valence-electron chi connectivity index (χ1n) is 6.10. The van der Waals surface area contributed by atoms with E-state index in [1.165, 1.54) is 12.1 Å². The van der Waals surface area contributed by atoms with Crippen LogP contribution in [0.1, 0.15) is 25.1 Å². The van der Waals surface area contributed by atoms with E-state index in [2.05, 4.69) is 9.97 Å². The first-order chi connectivity index (χ1) is 9.11. The van der Waals surface area contributed by atoms with E-state index < -0.39 is 11.6 Å². The standard InChI is InChI=1S/C14H15F2N3/c1-9(4-6-17)14-18-7-5-13(19-14)11-3-2-10(15)8-12(11)16/h2-3,5,7-9H,4,6,17H2,1H3. The fraction of sp³-hybridized carbons (Fsp3) is 0.286. The van der Waals surface area contributed by atoms with Crippen LogP contribution in [0.2, 0.25) is 0 Å². The van der Waals surface area contributed by atoms with E-state index in [0.29, 0.717) is 18.1 Å². The minimum atomic E-state index is -0.629. The van der Waals surface area contributed by atoms with Crippen molar-refractivity contribution in [3.63, 3.8) is 0 Å². The largest absolute Gasteiger partial charge is 0.330 e. The second-order valence-corrected chi connectivity index (χ2v) is 4.40. The monoisotopic (exact) mass is 263 g/mol. The Morgan fingerprint density at radius 3 is 2.74 bits per heavy atom. The molecule has 5 heteroatoms. The van der Waals surface area contributed by atoms with Crippen LogP contribution >= 0.6 is 0 Å². The zero-order valence-corrected chi connectivity index (χ0v) is 10.6. The highest BCUT2D eigenvalue weighted by molar-refractivity contribution is 5.59. The van der Waals surface area contributed by atoms with Crippen molar-refractivity contribution in [1.82, 2.24) is 9.97 Å². The van der Waals surface area contributed by atoms with Crippen molar-refractivity contribution in [2.45, 2.75) is 19.3 Å². The number of rotatable bonds is 4. The van der Waals surface area contributed by atoms with Crippen LogP contribution in [0.25, 0.3) is 11.3 Å². The lowest BCUT2D eigenvalue weighted by atomic mass is 10.1. The minimum Gasteiger partial charge on any atom is -0.330 e. The van der Waals surface area contributed by atoms with Gasteiger partial charge in [0.2, 0.25) is 0 Å². The average Bonchev–Trinajstić information content (AvgIpc) is 2.39. The number of nitrogens with zero attached hydrogens (tertiary/aromatic N) is 2. The van der Waals surface area contributed by atoms with E-state index in [-0.39, 0.29) is 11.5 Å². The van der Waals surface area contributed by atoms with Gasteiger partial charge < -0.3 is 5.73 Å². The number of halogens is 2. The van der Waals surface area contributed by atoms with E-state index in [0.717, 1.165) is 12.5 Å². The molecule has 0 amide bonds. The molecule has 0 saturated carbocycles. The predicted molar refractivity (Wildman–Crippen MR) is 69.5 cm³/mol. The van der Waals surface area contributed by atoms with E-state index in [4.69, 9.17) is 5.73 Å². The lowest BCUT2D eigenvalue weighted by Gasteiger charge is -2.10. The van der Waals surface area contributed by atoms with Crippen LogP contribution in [0.5, 0.6) is 0 Å². The molecule has 0 aliphatic heterocycles. The number of hydrogen-bond donors (Lipinski definition) is 1. The van der Waals surface area contributed by atoms with Gasteiger partial charge in [-0.05, 0) is 31.2 Å². The number of aromatic nitrogens is 2. The second kappa shape index (κ2) is 5.84. The maximum atomic E-state index is 13.7. The van der Waals surface area contributed by atoms with Crippen LogP contribution in [0.3, 0.4) is 0 Å². The molecule has 2 N–H and O–H groups in total. The Hall–Kier alpha value is -1.88. The SMILES string of the molecule is CC(CCN)c1nccc(-c2ccc(F)cc2F)n1. The molecule has 1 heterocycles. The van der Waals surface area contributed by atoms with Crippen LogP contribution in [0.15, 0.2) is 30.5 Å². The molecule has 1 aromatic heterocycles. The quantitative estimate of drug-likeness (QED) is 0.922. The molecule has 0 saturated heterocycles. The van der Waals surface area contributed by atoms with Crippen molar-refractivity contribution in [3.8, 4) is 11.3 Å². The molecule has 1 atom stereocenters. The molecule has 0 spiro atoms. The van der Waals surface area contributed by atoms with Crippen LogP contribution in [0, 0.1) is 11.6 Å². The van der Waals surface area contributed by atoms with Crippen molar-refractivity contribution in [2.24, 2.45) is 5.73 Å². The Labute approximate surface area is 110 Å². The minimum absolute atomic E-state index is 0.105. The van der Waals surface area contributed by atoms with Crippen molar-refractivity contribution in [2.75, 3.05) is 6.54 Å². The molecule has 2 rings (SSSR count). The molecular formula is C14H15F2N3. The van der Waals surface area contributed by atoms with Gasteiger partial charge in [-0.25, -0.2) is 18.7 Å².